The first-order valence-electron chi connectivity index (χ1n) is 5.24. The Kier molecular flexibility index (Phi) is 3.76. The number of hydrogen-bond donors (Lipinski definition) is 1. The van der Waals surface area contributed by atoms with E-state index in [9.17, 15) is 0 Å². The Morgan fingerprint density at radius 3 is 2.64 bits per heavy atom. The molecule has 0 aromatic carbocycles. The fourth-order valence-corrected chi connectivity index (χ4v) is 1.49. The fraction of sp³-hybridized carbons (Fsp3) is 0.667. The summed E-state index contributed by atoms with van der Waals surface area (Å²) in [6.07, 6.45) is 4.63. The van der Waals surface area contributed by atoms with Crippen LogP contribution in [-0.2, 0) is 6.42 Å². The van der Waals surface area contributed by atoms with Crippen molar-refractivity contribution in [1.82, 2.24) is 5.32 Å². The van der Waals surface area contributed by atoms with Crippen molar-refractivity contribution in [2.75, 3.05) is 6.54 Å². The molecule has 0 radical (unpaired) electrons. The number of furan rings is 1. The molecule has 1 aromatic rings. The lowest BCUT2D eigenvalue weighted by molar-refractivity contribution is 0.325. The monoisotopic (exact) mass is 195 g/mol. The minimum absolute atomic E-state index is 0.286. The summed E-state index contributed by atoms with van der Waals surface area (Å²) < 4.78 is 5.07. The van der Waals surface area contributed by atoms with Crippen molar-refractivity contribution in [2.45, 2.75) is 40.2 Å². The molecule has 80 valence electrons. The van der Waals surface area contributed by atoms with Crippen molar-refractivity contribution < 1.29 is 4.42 Å². The molecule has 0 unspecified atom stereocenters. The van der Waals surface area contributed by atoms with Gasteiger partial charge in [0.25, 0.3) is 0 Å². The summed E-state index contributed by atoms with van der Waals surface area (Å²) in [6.45, 7) is 9.93. The van der Waals surface area contributed by atoms with Gasteiger partial charge in [-0.1, -0.05) is 27.7 Å². The molecule has 0 amide bonds. The van der Waals surface area contributed by atoms with Gasteiger partial charge in [-0.05, 0) is 23.5 Å². The third-order valence-corrected chi connectivity index (χ3v) is 2.25. The first-order chi connectivity index (χ1) is 6.49. The SMILES string of the molecule is CC(C)NCC(C)(C)Cc1ccoc1. The van der Waals surface area contributed by atoms with E-state index in [-0.39, 0.29) is 5.41 Å². The number of rotatable bonds is 5. The van der Waals surface area contributed by atoms with E-state index < -0.39 is 0 Å². The van der Waals surface area contributed by atoms with Gasteiger partial charge in [-0.25, -0.2) is 0 Å². The lowest BCUT2D eigenvalue weighted by atomic mass is 9.86. The van der Waals surface area contributed by atoms with Crippen molar-refractivity contribution in [3.05, 3.63) is 24.2 Å². The molecule has 0 aliphatic carbocycles. The molecule has 0 spiro atoms. The quantitative estimate of drug-likeness (QED) is 0.781. The van der Waals surface area contributed by atoms with Crippen molar-refractivity contribution in [3.8, 4) is 0 Å². The molecule has 2 nitrogen and oxygen atoms in total. The van der Waals surface area contributed by atoms with E-state index in [0.717, 1.165) is 13.0 Å². The van der Waals surface area contributed by atoms with E-state index in [1.807, 2.05) is 12.3 Å². The van der Waals surface area contributed by atoms with E-state index in [1.54, 1.807) is 6.26 Å². The smallest absolute Gasteiger partial charge is 0.0934 e. The molecule has 1 aromatic heterocycles. The van der Waals surface area contributed by atoms with Gasteiger partial charge in [0.2, 0.25) is 0 Å². The van der Waals surface area contributed by atoms with Gasteiger partial charge in [-0.15, -0.1) is 0 Å². The van der Waals surface area contributed by atoms with Crippen LogP contribution in [0, 0.1) is 5.41 Å². The summed E-state index contributed by atoms with van der Waals surface area (Å²) >= 11 is 0. The molecule has 0 saturated heterocycles. The maximum atomic E-state index is 5.07. The molecular formula is C12H21NO. The topological polar surface area (TPSA) is 25.2 Å². The van der Waals surface area contributed by atoms with Crippen molar-refractivity contribution >= 4 is 0 Å². The van der Waals surface area contributed by atoms with Crippen LogP contribution in [0.4, 0.5) is 0 Å². The molecule has 0 bridgehead atoms. The molecule has 0 saturated carbocycles. The first kappa shape index (κ1) is 11.3. The van der Waals surface area contributed by atoms with Crippen LogP contribution in [0.25, 0.3) is 0 Å². The summed E-state index contributed by atoms with van der Waals surface area (Å²) in [5, 5.41) is 3.47. The third kappa shape index (κ3) is 3.97. The molecule has 14 heavy (non-hydrogen) atoms. The van der Waals surface area contributed by atoms with Gasteiger partial charge in [-0.2, -0.15) is 0 Å². The zero-order valence-corrected chi connectivity index (χ0v) is 9.63. The molecule has 0 fully saturated rings. The van der Waals surface area contributed by atoms with E-state index in [0.29, 0.717) is 6.04 Å². The normalized spacial score (nSPS) is 12.4. The lowest BCUT2D eigenvalue weighted by Crippen LogP contribution is -2.35. The number of hydrogen-bond acceptors (Lipinski definition) is 2. The zero-order valence-electron chi connectivity index (χ0n) is 9.63. The molecule has 2 heteroatoms. The summed E-state index contributed by atoms with van der Waals surface area (Å²) in [5.74, 6) is 0. The second kappa shape index (κ2) is 4.65. The Hall–Kier alpha value is -0.760. The Labute approximate surface area is 86.7 Å². The summed E-state index contributed by atoms with van der Waals surface area (Å²) in [7, 11) is 0. The van der Waals surface area contributed by atoms with E-state index in [1.165, 1.54) is 5.56 Å². The molecule has 1 heterocycles. The highest BCUT2D eigenvalue weighted by atomic mass is 16.3. The summed E-state index contributed by atoms with van der Waals surface area (Å²) in [4.78, 5) is 0. The average Bonchev–Trinajstić information content (AvgIpc) is 2.53. The van der Waals surface area contributed by atoms with Crippen LogP contribution < -0.4 is 5.32 Å². The highest BCUT2D eigenvalue weighted by Gasteiger charge is 2.18. The lowest BCUT2D eigenvalue weighted by Gasteiger charge is -2.25. The standard InChI is InChI=1S/C12H21NO/c1-10(2)13-9-12(3,4)7-11-5-6-14-8-11/h5-6,8,10,13H,7,9H2,1-4H3. The Morgan fingerprint density at radius 1 is 1.43 bits per heavy atom. The maximum Gasteiger partial charge on any atom is 0.0934 e. The van der Waals surface area contributed by atoms with E-state index in [2.05, 4.69) is 33.0 Å². The van der Waals surface area contributed by atoms with Crippen LogP contribution in [0.1, 0.15) is 33.3 Å². The van der Waals surface area contributed by atoms with E-state index >= 15 is 0 Å². The molecular weight excluding hydrogens is 174 g/mol. The van der Waals surface area contributed by atoms with Gasteiger partial charge in [0.05, 0.1) is 12.5 Å². The molecule has 0 aliphatic rings. The van der Waals surface area contributed by atoms with Crippen molar-refractivity contribution in [2.24, 2.45) is 5.41 Å². The molecule has 0 atom stereocenters. The van der Waals surface area contributed by atoms with Crippen molar-refractivity contribution in [1.29, 1.82) is 0 Å². The van der Waals surface area contributed by atoms with Crippen LogP contribution in [0.3, 0.4) is 0 Å². The Bertz CT molecular complexity index is 249. The Balaban J connectivity index is 2.41. The molecule has 0 aliphatic heterocycles. The van der Waals surface area contributed by atoms with Crippen LogP contribution in [0.5, 0.6) is 0 Å². The molecule has 1 N–H and O–H groups in total. The third-order valence-electron chi connectivity index (χ3n) is 2.25. The average molecular weight is 195 g/mol. The predicted molar refractivity (Wildman–Crippen MR) is 59.3 cm³/mol. The highest BCUT2D eigenvalue weighted by Crippen LogP contribution is 2.21. The molecule has 1 rings (SSSR count). The maximum absolute atomic E-state index is 5.07. The van der Waals surface area contributed by atoms with Gasteiger partial charge in [0.1, 0.15) is 0 Å². The van der Waals surface area contributed by atoms with Gasteiger partial charge >= 0.3 is 0 Å². The van der Waals surface area contributed by atoms with Gasteiger partial charge in [0.15, 0.2) is 0 Å². The van der Waals surface area contributed by atoms with Gasteiger partial charge < -0.3 is 9.73 Å². The number of nitrogens with one attached hydrogen (secondary N) is 1. The first-order valence-corrected chi connectivity index (χ1v) is 5.24. The van der Waals surface area contributed by atoms with Crippen LogP contribution in [0.2, 0.25) is 0 Å². The van der Waals surface area contributed by atoms with Gasteiger partial charge in [-0.3, -0.25) is 0 Å². The second-order valence-corrected chi connectivity index (χ2v) is 5.01. The summed E-state index contributed by atoms with van der Waals surface area (Å²) in [5.41, 5.74) is 1.56. The summed E-state index contributed by atoms with van der Waals surface area (Å²) in [6, 6.07) is 2.59. The van der Waals surface area contributed by atoms with Crippen LogP contribution in [-0.4, -0.2) is 12.6 Å². The fourth-order valence-electron chi connectivity index (χ4n) is 1.49. The minimum atomic E-state index is 0.286. The van der Waals surface area contributed by atoms with E-state index in [4.69, 9.17) is 4.42 Å². The van der Waals surface area contributed by atoms with Crippen LogP contribution >= 0.6 is 0 Å². The highest BCUT2D eigenvalue weighted by molar-refractivity contribution is 5.08. The van der Waals surface area contributed by atoms with Crippen molar-refractivity contribution in [3.63, 3.8) is 0 Å². The largest absolute Gasteiger partial charge is 0.472 e. The Morgan fingerprint density at radius 2 is 2.14 bits per heavy atom. The second-order valence-electron chi connectivity index (χ2n) is 5.01. The minimum Gasteiger partial charge on any atom is -0.472 e. The predicted octanol–water partition coefficient (Wildman–Crippen LogP) is 2.85. The van der Waals surface area contributed by atoms with Gasteiger partial charge in [0, 0.05) is 12.6 Å². The van der Waals surface area contributed by atoms with Crippen LogP contribution in [0.15, 0.2) is 23.0 Å². The zero-order chi connectivity index (χ0) is 10.6.